The minimum Gasteiger partial charge on any atom is -0.508 e. The summed E-state index contributed by atoms with van der Waals surface area (Å²) in [4.78, 5) is 58.7. The summed E-state index contributed by atoms with van der Waals surface area (Å²) >= 11 is 0. The second kappa shape index (κ2) is 14.8. The van der Waals surface area contributed by atoms with Gasteiger partial charge >= 0.3 is 5.97 Å². The van der Waals surface area contributed by atoms with Crippen molar-refractivity contribution in [3.8, 4) is 5.75 Å². The summed E-state index contributed by atoms with van der Waals surface area (Å²) in [5.41, 5.74) is 10.0. The molecule has 10 N–H and O–H groups in total. The molecule has 48 heavy (non-hydrogen) atoms. The van der Waals surface area contributed by atoms with Crippen LogP contribution in [0.4, 0.5) is 0 Å². The first-order chi connectivity index (χ1) is 23.0. The standard InChI is InChI=1S/C35H38N6O7/c1-19(42)31(34(46)40-30(35(47)48)16-22-18-38-28-9-5-3-7-25(22)28)41-33(45)29(14-20-10-12-23(43)13-11-20)39-32(44)26(36)15-21-17-37-27-8-4-2-6-24(21)27/h2-13,17-19,26,29-31,37-38,42-43H,14-16,36H2,1H3,(H,39,44)(H,40,46)(H,41,45)(H,47,48). The summed E-state index contributed by atoms with van der Waals surface area (Å²) in [6.45, 7) is 1.28. The van der Waals surface area contributed by atoms with Crippen molar-refractivity contribution in [2.24, 2.45) is 5.73 Å². The van der Waals surface area contributed by atoms with Crippen LogP contribution in [0.1, 0.15) is 23.6 Å². The van der Waals surface area contributed by atoms with Gasteiger partial charge in [-0.2, -0.15) is 0 Å². The largest absolute Gasteiger partial charge is 0.508 e. The monoisotopic (exact) mass is 654 g/mol. The molecule has 0 aliphatic rings. The molecule has 5 unspecified atom stereocenters. The first-order valence-corrected chi connectivity index (χ1v) is 15.5. The molecule has 5 atom stereocenters. The number of hydrogen-bond acceptors (Lipinski definition) is 7. The Morgan fingerprint density at radius 3 is 1.81 bits per heavy atom. The lowest BCUT2D eigenvalue weighted by molar-refractivity contribution is -0.143. The van der Waals surface area contributed by atoms with Crippen LogP contribution in [0.15, 0.2) is 85.2 Å². The molecule has 0 aliphatic heterocycles. The molecule has 13 heteroatoms. The fourth-order valence-corrected chi connectivity index (χ4v) is 5.63. The van der Waals surface area contributed by atoms with E-state index in [9.17, 15) is 34.5 Å². The fraction of sp³-hybridized carbons (Fsp3) is 0.257. The number of rotatable bonds is 14. The second-order valence-corrected chi connectivity index (χ2v) is 11.8. The average molecular weight is 655 g/mol. The van der Waals surface area contributed by atoms with Crippen LogP contribution in [0.25, 0.3) is 21.8 Å². The average Bonchev–Trinajstić information content (AvgIpc) is 3.67. The Labute approximate surface area is 275 Å². The molecule has 0 fully saturated rings. The summed E-state index contributed by atoms with van der Waals surface area (Å²) in [5, 5.41) is 39.4. The Bertz CT molecular complexity index is 1920. The van der Waals surface area contributed by atoms with E-state index in [4.69, 9.17) is 5.73 Å². The van der Waals surface area contributed by atoms with Gasteiger partial charge in [-0.15, -0.1) is 0 Å². The van der Waals surface area contributed by atoms with E-state index in [1.54, 1.807) is 24.5 Å². The highest BCUT2D eigenvalue weighted by atomic mass is 16.4. The van der Waals surface area contributed by atoms with E-state index < -0.39 is 54.0 Å². The number of carboxylic acid groups (broad SMARTS) is 1. The highest BCUT2D eigenvalue weighted by molar-refractivity contribution is 5.95. The number of carbonyl (C=O) groups excluding carboxylic acids is 3. The summed E-state index contributed by atoms with van der Waals surface area (Å²) in [7, 11) is 0. The van der Waals surface area contributed by atoms with E-state index in [1.807, 2.05) is 48.5 Å². The molecule has 0 spiro atoms. The third kappa shape index (κ3) is 8.00. The van der Waals surface area contributed by atoms with Gasteiger partial charge < -0.3 is 47.0 Å². The van der Waals surface area contributed by atoms with Crippen LogP contribution in [0.2, 0.25) is 0 Å². The number of H-pyrrole nitrogens is 2. The third-order valence-corrected chi connectivity index (χ3v) is 8.24. The van der Waals surface area contributed by atoms with Crippen molar-refractivity contribution < 1.29 is 34.5 Å². The number of hydrogen-bond donors (Lipinski definition) is 9. The van der Waals surface area contributed by atoms with Crippen molar-refractivity contribution >= 4 is 45.5 Å². The number of aromatic hydroxyl groups is 1. The summed E-state index contributed by atoms with van der Waals surface area (Å²) in [6.07, 6.45) is 2.09. The number of para-hydroxylation sites is 2. The van der Waals surface area contributed by atoms with Crippen LogP contribution >= 0.6 is 0 Å². The van der Waals surface area contributed by atoms with Crippen molar-refractivity contribution in [2.45, 2.75) is 56.5 Å². The maximum Gasteiger partial charge on any atom is 0.326 e. The van der Waals surface area contributed by atoms with Crippen LogP contribution < -0.4 is 21.7 Å². The molecule has 0 saturated heterocycles. The van der Waals surface area contributed by atoms with Crippen molar-refractivity contribution in [1.29, 1.82) is 0 Å². The number of aromatic amines is 2. The summed E-state index contributed by atoms with van der Waals surface area (Å²) < 4.78 is 0. The highest BCUT2D eigenvalue weighted by Crippen LogP contribution is 2.20. The van der Waals surface area contributed by atoms with Crippen molar-refractivity contribution in [1.82, 2.24) is 25.9 Å². The lowest BCUT2D eigenvalue weighted by atomic mass is 10.0. The number of aliphatic carboxylic acids is 1. The van der Waals surface area contributed by atoms with Crippen LogP contribution in [0.5, 0.6) is 5.75 Å². The van der Waals surface area contributed by atoms with Crippen molar-refractivity contribution in [3.05, 3.63) is 102 Å². The van der Waals surface area contributed by atoms with E-state index in [2.05, 4.69) is 25.9 Å². The number of carbonyl (C=O) groups is 4. The topological polar surface area (TPSA) is 223 Å². The normalized spacial score (nSPS) is 14.5. The second-order valence-electron chi connectivity index (χ2n) is 11.8. The van der Waals surface area contributed by atoms with Gasteiger partial charge in [0.1, 0.15) is 23.9 Å². The van der Waals surface area contributed by atoms with Gasteiger partial charge in [-0.1, -0.05) is 48.5 Å². The number of benzene rings is 3. The van der Waals surface area contributed by atoms with Gasteiger partial charge in [0.15, 0.2) is 0 Å². The molecule has 3 aromatic carbocycles. The van der Waals surface area contributed by atoms with Crippen molar-refractivity contribution in [3.63, 3.8) is 0 Å². The molecular formula is C35H38N6O7. The van der Waals surface area contributed by atoms with Crippen LogP contribution in [0.3, 0.4) is 0 Å². The van der Waals surface area contributed by atoms with E-state index in [1.165, 1.54) is 19.1 Å². The molecular weight excluding hydrogens is 616 g/mol. The zero-order chi connectivity index (χ0) is 34.4. The molecule has 13 nitrogen and oxygen atoms in total. The first kappa shape index (κ1) is 33.7. The number of nitrogens with one attached hydrogen (secondary N) is 5. The van der Waals surface area contributed by atoms with E-state index in [0.29, 0.717) is 11.1 Å². The number of amides is 3. The Balaban J connectivity index is 1.30. The Hall–Kier alpha value is -5.66. The molecule has 0 saturated carbocycles. The molecule has 3 amide bonds. The Morgan fingerprint density at radius 2 is 1.25 bits per heavy atom. The number of phenols is 1. The van der Waals surface area contributed by atoms with Gasteiger partial charge in [0.25, 0.3) is 0 Å². The van der Waals surface area contributed by atoms with E-state index in [0.717, 1.165) is 27.4 Å². The van der Waals surface area contributed by atoms with Gasteiger partial charge in [-0.25, -0.2) is 4.79 Å². The van der Waals surface area contributed by atoms with Crippen molar-refractivity contribution in [2.75, 3.05) is 0 Å². The molecule has 2 aromatic heterocycles. The van der Waals surface area contributed by atoms with E-state index in [-0.39, 0.29) is 25.0 Å². The quantitative estimate of drug-likeness (QED) is 0.0854. The molecule has 0 bridgehead atoms. The lowest BCUT2D eigenvalue weighted by Gasteiger charge is -2.26. The highest BCUT2D eigenvalue weighted by Gasteiger charge is 2.33. The van der Waals surface area contributed by atoms with Crippen LogP contribution in [-0.2, 0) is 38.4 Å². The maximum atomic E-state index is 13.7. The number of fused-ring (bicyclic) bond motifs is 2. The van der Waals surface area contributed by atoms with E-state index >= 15 is 0 Å². The fourth-order valence-electron chi connectivity index (χ4n) is 5.63. The summed E-state index contributed by atoms with van der Waals surface area (Å²) in [5.74, 6) is -3.64. The molecule has 5 rings (SSSR count). The van der Waals surface area contributed by atoms with Gasteiger partial charge in [0.05, 0.1) is 12.1 Å². The zero-order valence-corrected chi connectivity index (χ0v) is 26.1. The van der Waals surface area contributed by atoms with Gasteiger partial charge in [-0.05, 0) is 54.3 Å². The van der Waals surface area contributed by atoms with Crippen LogP contribution in [-0.4, -0.2) is 79.2 Å². The predicted octanol–water partition coefficient (Wildman–Crippen LogP) is 1.63. The number of aliphatic hydroxyl groups excluding tert-OH is 1. The number of phenolic OH excluding ortho intramolecular Hbond substituents is 1. The lowest BCUT2D eigenvalue weighted by Crippen LogP contribution is -2.60. The molecule has 2 heterocycles. The Kier molecular flexibility index (Phi) is 10.4. The third-order valence-electron chi connectivity index (χ3n) is 8.24. The smallest absolute Gasteiger partial charge is 0.326 e. The first-order valence-electron chi connectivity index (χ1n) is 15.5. The zero-order valence-electron chi connectivity index (χ0n) is 26.1. The minimum atomic E-state index is -1.55. The van der Waals surface area contributed by atoms with Gasteiger partial charge in [-0.3, -0.25) is 14.4 Å². The predicted molar refractivity (Wildman–Crippen MR) is 179 cm³/mol. The van der Waals surface area contributed by atoms with Gasteiger partial charge in [0, 0.05) is 47.0 Å². The molecule has 5 aromatic rings. The minimum absolute atomic E-state index is 0.0102. The molecule has 0 radical (unpaired) electrons. The number of aromatic nitrogens is 2. The number of carboxylic acids is 1. The maximum absolute atomic E-state index is 13.7. The van der Waals surface area contributed by atoms with Gasteiger partial charge in [0.2, 0.25) is 17.7 Å². The summed E-state index contributed by atoms with van der Waals surface area (Å²) in [6, 6.07) is 15.7. The Morgan fingerprint density at radius 1 is 0.708 bits per heavy atom. The number of aliphatic hydroxyl groups is 1. The van der Waals surface area contributed by atoms with Crippen LogP contribution in [0, 0.1) is 0 Å². The molecule has 250 valence electrons. The number of nitrogens with two attached hydrogens (primary N) is 1. The SMILES string of the molecule is CC(O)C(NC(=O)C(Cc1ccc(O)cc1)NC(=O)C(N)Cc1c[nH]c2ccccc12)C(=O)NC(Cc1c[nH]c2ccccc12)C(=O)O. The molecule has 0 aliphatic carbocycles.